The average Bonchev–Trinajstić information content (AvgIpc) is 3.49. The van der Waals surface area contributed by atoms with Crippen LogP contribution in [0.1, 0.15) is 25.1 Å². The second-order valence-electron chi connectivity index (χ2n) is 8.21. The second-order valence-corrected chi connectivity index (χ2v) is 10.2. The summed E-state index contributed by atoms with van der Waals surface area (Å²) >= 11 is 0. The number of para-hydroxylation sites is 1. The molecule has 0 saturated carbocycles. The SMILES string of the molecule is Nc1nc(COC(=O)CCn2c(=O)oc3cc(S(=O)(=O)N4CCCC4)ccc32)nc2ccccc12. The summed E-state index contributed by atoms with van der Waals surface area (Å²) in [5.41, 5.74) is 7.13. The fourth-order valence-corrected chi connectivity index (χ4v) is 5.67. The number of aromatic nitrogens is 3. The van der Waals surface area contributed by atoms with E-state index in [9.17, 15) is 18.0 Å². The minimum absolute atomic E-state index is 0.00358. The van der Waals surface area contributed by atoms with E-state index in [1.54, 1.807) is 12.1 Å². The highest BCUT2D eigenvalue weighted by Crippen LogP contribution is 2.24. The number of anilines is 1. The number of hydrogen-bond donors (Lipinski definition) is 1. The number of aryl methyl sites for hydroxylation is 1. The maximum Gasteiger partial charge on any atom is 0.419 e. The zero-order valence-electron chi connectivity index (χ0n) is 18.7. The number of oxazole rings is 1. The van der Waals surface area contributed by atoms with Gasteiger partial charge in [-0.05, 0) is 37.1 Å². The minimum atomic E-state index is -3.64. The van der Waals surface area contributed by atoms with Crippen molar-refractivity contribution in [2.75, 3.05) is 18.8 Å². The van der Waals surface area contributed by atoms with E-state index in [0.29, 0.717) is 35.3 Å². The number of hydrogen-bond acceptors (Lipinski definition) is 9. The molecule has 1 saturated heterocycles. The number of carbonyl (C=O) groups is 1. The molecule has 1 fully saturated rings. The molecule has 2 aromatic heterocycles. The van der Waals surface area contributed by atoms with Gasteiger partial charge in [0.25, 0.3) is 0 Å². The standard InChI is InChI=1S/C23H23N5O6S/c24-22-16-5-1-2-6-17(16)25-20(26-22)14-33-21(29)9-12-28-18-8-7-15(13-19(18)34-23(28)30)35(31,32)27-10-3-4-11-27/h1-2,5-8,13H,3-4,9-12,14H2,(H2,24,25,26). The van der Waals surface area contributed by atoms with Crippen molar-refractivity contribution >= 4 is 43.8 Å². The Morgan fingerprint density at radius 3 is 2.69 bits per heavy atom. The van der Waals surface area contributed by atoms with Gasteiger partial charge in [0.1, 0.15) is 5.82 Å². The summed E-state index contributed by atoms with van der Waals surface area (Å²) in [4.78, 5) is 33.2. The molecule has 0 atom stereocenters. The lowest BCUT2D eigenvalue weighted by Crippen LogP contribution is -2.27. The van der Waals surface area contributed by atoms with Gasteiger partial charge >= 0.3 is 11.7 Å². The molecule has 0 spiro atoms. The van der Waals surface area contributed by atoms with Gasteiger partial charge in [0.15, 0.2) is 18.0 Å². The Kier molecular flexibility index (Phi) is 5.99. The maximum atomic E-state index is 12.8. The van der Waals surface area contributed by atoms with Crippen molar-refractivity contribution in [3.63, 3.8) is 0 Å². The Morgan fingerprint density at radius 2 is 1.89 bits per heavy atom. The third-order valence-corrected chi connectivity index (χ3v) is 7.82. The first kappa shape index (κ1) is 23.0. The van der Waals surface area contributed by atoms with Gasteiger partial charge < -0.3 is 14.9 Å². The summed E-state index contributed by atoms with van der Waals surface area (Å²) in [5.74, 6) is -0.680. The predicted octanol–water partition coefficient (Wildman–Crippen LogP) is 2.04. The lowest BCUT2D eigenvalue weighted by Gasteiger charge is -2.15. The first-order valence-corrected chi connectivity index (χ1v) is 12.6. The Hall–Kier alpha value is -3.77. The zero-order chi connectivity index (χ0) is 24.6. The highest BCUT2D eigenvalue weighted by Gasteiger charge is 2.28. The molecule has 2 N–H and O–H groups in total. The number of nitrogens with two attached hydrogens (primary N) is 1. The summed E-state index contributed by atoms with van der Waals surface area (Å²) < 4.78 is 38.8. The van der Waals surface area contributed by atoms with Crippen molar-refractivity contribution < 1.29 is 22.4 Å². The Labute approximate surface area is 200 Å². The quantitative estimate of drug-likeness (QED) is 0.378. The molecule has 4 aromatic rings. The van der Waals surface area contributed by atoms with E-state index in [-0.39, 0.29) is 35.9 Å². The van der Waals surface area contributed by atoms with E-state index < -0.39 is 21.7 Å². The lowest BCUT2D eigenvalue weighted by molar-refractivity contribution is -0.145. The normalized spacial score (nSPS) is 14.6. The number of carbonyl (C=O) groups excluding carboxylic acids is 1. The van der Waals surface area contributed by atoms with Crippen molar-refractivity contribution in [3.8, 4) is 0 Å². The Bertz CT molecular complexity index is 1590. The molecule has 182 valence electrons. The monoisotopic (exact) mass is 497 g/mol. The predicted molar refractivity (Wildman–Crippen MR) is 127 cm³/mol. The van der Waals surface area contributed by atoms with Gasteiger partial charge in [0.05, 0.1) is 22.3 Å². The molecule has 2 aromatic carbocycles. The topological polar surface area (TPSA) is 151 Å². The van der Waals surface area contributed by atoms with E-state index in [1.165, 1.54) is 27.1 Å². The van der Waals surface area contributed by atoms with Crippen LogP contribution in [0.15, 0.2) is 56.6 Å². The molecule has 1 aliphatic rings. The lowest BCUT2D eigenvalue weighted by atomic mass is 10.2. The van der Waals surface area contributed by atoms with Gasteiger partial charge in [-0.25, -0.2) is 23.2 Å². The van der Waals surface area contributed by atoms with E-state index in [1.807, 2.05) is 12.1 Å². The van der Waals surface area contributed by atoms with Crippen molar-refractivity contribution in [3.05, 3.63) is 58.8 Å². The molecule has 11 nitrogen and oxygen atoms in total. The van der Waals surface area contributed by atoms with Crippen LogP contribution < -0.4 is 11.5 Å². The summed E-state index contributed by atoms with van der Waals surface area (Å²) in [5, 5.41) is 0.713. The smallest absolute Gasteiger partial charge is 0.419 e. The average molecular weight is 498 g/mol. The first-order chi connectivity index (χ1) is 16.8. The van der Waals surface area contributed by atoms with E-state index in [4.69, 9.17) is 14.9 Å². The van der Waals surface area contributed by atoms with Crippen LogP contribution in [0.4, 0.5) is 5.82 Å². The van der Waals surface area contributed by atoms with Crippen molar-refractivity contribution in [1.29, 1.82) is 0 Å². The van der Waals surface area contributed by atoms with E-state index >= 15 is 0 Å². The number of ether oxygens (including phenoxy) is 1. The number of benzene rings is 2. The third-order valence-electron chi connectivity index (χ3n) is 5.92. The Balaban J connectivity index is 1.26. The molecule has 0 radical (unpaired) electrons. The molecular formula is C23H23N5O6S. The number of nitrogen functional groups attached to an aromatic ring is 1. The van der Waals surface area contributed by atoms with Gasteiger partial charge in [0, 0.05) is 31.1 Å². The Morgan fingerprint density at radius 1 is 1.11 bits per heavy atom. The van der Waals surface area contributed by atoms with E-state index in [0.717, 1.165) is 12.8 Å². The number of fused-ring (bicyclic) bond motifs is 2. The molecule has 35 heavy (non-hydrogen) atoms. The van der Waals surface area contributed by atoms with Crippen LogP contribution in [0.5, 0.6) is 0 Å². The number of nitrogens with zero attached hydrogens (tertiary/aromatic N) is 4. The van der Waals surface area contributed by atoms with Crippen molar-refractivity contribution in [1.82, 2.24) is 18.8 Å². The van der Waals surface area contributed by atoms with E-state index in [2.05, 4.69) is 9.97 Å². The van der Waals surface area contributed by atoms with Crippen LogP contribution in [-0.2, 0) is 32.7 Å². The summed E-state index contributed by atoms with van der Waals surface area (Å²) in [6, 6.07) is 11.6. The molecule has 0 unspecified atom stereocenters. The van der Waals surface area contributed by atoms with Crippen LogP contribution in [0, 0.1) is 0 Å². The van der Waals surface area contributed by atoms with Crippen molar-refractivity contribution in [2.24, 2.45) is 0 Å². The second kappa shape index (κ2) is 9.12. The summed E-state index contributed by atoms with van der Waals surface area (Å²) in [6.45, 7) is 0.796. The number of esters is 1. The molecule has 1 aliphatic heterocycles. The number of rotatable bonds is 7. The van der Waals surface area contributed by atoms with Gasteiger partial charge in [-0.1, -0.05) is 12.1 Å². The van der Waals surface area contributed by atoms with Crippen LogP contribution >= 0.6 is 0 Å². The van der Waals surface area contributed by atoms with Gasteiger partial charge in [-0.15, -0.1) is 0 Å². The summed E-state index contributed by atoms with van der Waals surface area (Å²) in [7, 11) is -3.64. The van der Waals surface area contributed by atoms with Gasteiger partial charge in [-0.3, -0.25) is 9.36 Å². The highest BCUT2D eigenvalue weighted by atomic mass is 32.2. The van der Waals surface area contributed by atoms with Crippen LogP contribution in [0.2, 0.25) is 0 Å². The molecule has 0 amide bonds. The first-order valence-electron chi connectivity index (χ1n) is 11.1. The molecule has 12 heteroatoms. The highest BCUT2D eigenvalue weighted by molar-refractivity contribution is 7.89. The molecule has 0 aliphatic carbocycles. The molecular weight excluding hydrogens is 474 g/mol. The van der Waals surface area contributed by atoms with Crippen LogP contribution in [0.25, 0.3) is 22.0 Å². The molecule has 3 heterocycles. The van der Waals surface area contributed by atoms with Crippen LogP contribution in [-0.4, -0.2) is 46.3 Å². The molecule has 5 rings (SSSR count). The van der Waals surface area contributed by atoms with Gasteiger partial charge in [0.2, 0.25) is 10.0 Å². The largest absolute Gasteiger partial charge is 0.457 e. The third kappa shape index (κ3) is 4.49. The molecule has 0 bridgehead atoms. The van der Waals surface area contributed by atoms with Gasteiger partial charge in [-0.2, -0.15) is 4.31 Å². The summed E-state index contributed by atoms with van der Waals surface area (Å²) in [6.07, 6.45) is 1.54. The fraction of sp³-hybridized carbons (Fsp3) is 0.304. The zero-order valence-corrected chi connectivity index (χ0v) is 19.5. The minimum Gasteiger partial charge on any atom is -0.457 e. The number of sulfonamides is 1. The van der Waals surface area contributed by atoms with Crippen LogP contribution in [0.3, 0.4) is 0 Å². The van der Waals surface area contributed by atoms with Crippen molar-refractivity contribution in [2.45, 2.75) is 37.3 Å². The maximum absolute atomic E-state index is 12.8. The fourth-order valence-electron chi connectivity index (χ4n) is 4.13.